The van der Waals surface area contributed by atoms with Gasteiger partial charge in [-0.15, -0.1) is 0 Å². The number of para-hydroxylation sites is 5. The van der Waals surface area contributed by atoms with Crippen LogP contribution in [0.1, 0.15) is 0 Å². The topological polar surface area (TPSA) is 46.2 Å². The predicted molar refractivity (Wildman–Crippen MR) is 159 cm³/mol. The van der Waals surface area contributed by atoms with Crippen LogP contribution < -0.4 is 23.7 Å². The van der Waals surface area contributed by atoms with E-state index in [4.69, 9.17) is 35.3 Å². The summed E-state index contributed by atoms with van der Waals surface area (Å²) < 4.78 is 32.4. The van der Waals surface area contributed by atoms with Crippen LogP contribution in [-0.4, -0.2) is 7.11 Å². The van der Waals surface area contributed by atoms with Gasteiger partial charge in [-0.2, -0.15) is 0 Å². The van der Waals surface area contributed by atoms with Crippen LogP contribution >= 0.6 is 43.5 Å². The van der Waals surface area contributed by atoms with Crippen molar-refractivity contribution in [2.75, 3.05) is 7.11 Å². The van der Waals surface area contributed by atoms with E-state index in [-0.39, 0.29) is 16.5 Å². The summed E-state index contributed by atoms with van der Waals surface area (Å²) in [4.78, 5) is 0. The third kappa shape index (κ3) is 6.33. The van der Waals surface area contributed by atoms with Gasteiger partial charge in [-0.05, 0) is 80.4 Å². The molecule has 0 N–H and O–H groups in total. The Balaban J connectivity index is 1.71. The zero-order valence-corrected chi connectivity index (χ0v) is 24.5. The second-order valence-electron chi connectivity index (χ2n) is 8.08. The summed E-state index contributed by atoms with van der Waals surface area (Å²) in [6.45, 7) is 0. The molecule has 0 aliphatic heterocycles. The van der Waals surface area contributed by atoms with E-state index in [9.17, 15) is 0 Å². The second-order valence-corrected chi connectivity index (χ2v) is 10.2. The first-order valence-electron chi connectivity index (χ1n) is 11.8. The fraction of sp³-hybridized carbons (Fsp3) is 0.0323. The summed E-state index contributed by atoms with van der Waals surface area (Å²) in [6, 6.07) is 33.2. The molecule has 0 bridgehead atoms. The third-order valence-corrected chi connectivity index (χ3v) is 7.13. The Kier molecular flexibility index (Phi) is 8.61. The zero-order chi connectivity index (χ0) is 27.2. The van der Waals surface area contributed by atoms with Gasteiger partial charge >= 0.3 is 0 Å². The number of benzene rings is 5. The summed E-state index contributed by atoms with van der Waals surface area (Å²) in [6.07, 6.45) is 0. The van der Waals surface area contributed by atoms with Crippen molar-refractivity contribution in [2.45, 2.75) is 0 Å². The van der Waals surface area contributed by atoms with E-state index in [1.54, 1.807) is 25.3 Å². The highest BCUT2D eigenvalue weighted by Gasteiger charge is 2.26. The lowest BCUT2D eigenvalue weighted by molar-refractivity contribution is 0.353. The van der Waals surface area contributed by atoms with E-state index >= 15 is 0 Å². The number of rotatable bonds is 9. The third-order valence-electron chi connectivity index (χ3n) is 5.47. The van der Waals surface area contributed by atoms with Crippen LogP contribution in [0, 0.1) is 0 Å². The fourth-order valence-electron chi connectivity index (χ4n) is 3.62. The molecule has 0 atom stereocenters. The van der Waals surface area contributed by atoms with Gasteiger partial charge in [-0.1, -0.05) is 66.2 Å². The normalized spacial score (nSPS) is 10.6. The largest absolute Gasteiger partial charge is 0.493 e. The van der Waals surface area contributed by atoms with Crippen molar-refractivity contribution >= 4 is 43.5 Å². The van der Waals surface area contributed by atoms with E-state index in [1.807, 2.05) is 91.0 Å². The lowest BCUT2D eigenvalue weighted by Gasteiger charge is -2.21. The summed E-state index contributed by atoms with van der Waals surface area (Å²) in [5.74, 6) is 3.72. The molecule has 0 heterocycles. The highest BCUT2D eigenvalue weighted by Crippen LogP contribution is 2.54. The first-order chi connectivity index (χ1) is 19.0. The van der Waals surface area contributed by atoms with Gasteiger partial charge < -0.3 is 23.7 Å². The van der Waals surface area contributed by atoms with Crippen molar-refractivity contribution in [3.05, 3.63) is 123 Å². The summed E-state index contributed by atoms with van der Waals surface area (Å²) in [7, 11) is 1.57. The Morgan fingerprint density at radius 2 is 1.00 bits per heavy atom. The molecule has 5 rings (SSSR count). The molecule has 196 valence electrons. The van der Waals surface area contributed by atoms with Crippen molar-refractivity contribution in [1.29, 1.82) is 0 Å². The van der Waals surface area contributed by atoms with Gasteiger partial charge in [0.25, 0.3) is 0 Å². The minimum absolute atomic E-state index is 0.187. The van der Waals surface area contributed by atoms with E-state index in [1.165, 1.54) is 0 Å². The van der Waals surface area contributed by atoms with Crippen LogP contribution in [-0.2, 0) is 0 Å². The molecule has 0 fully saturated rings. The summed E-state index contributed by atoms with van der Waals surface area (Å²) in [5.41, 5.74) is 0. The Hall–Kier alpha value is -3.65. The van der Waals surface area contributed by atoms with E-state index in [0.29, 0.717) is 40.2 Å². The Bertz CT molecular complexity index is 1590. The van der Waals surface area contributed by atoms with Crippen molar-refractivity contribution < 1.29 is 23.7 Å². The Morgan fingerprint density at radius 3 is 1.62 bits per heavy atom. The summed E-state index contributed by atoms with van der Waals surface area (Å²) in [5, 5.41) is 0.187. The molecule has 8 heteroatoms. The minimum atomic E-state index is 0.187. The number of ether oxygens (including phenoxy) is 5. The second kappa shape index (κ2) is 12.5. The highest BCUT2D eigenvalue weighted by atomic mass is 79.9. The molecule has 0 unspecified atom stereocenters. The highest BCUT2D eigenvalue weighted by molar-refractivity contribution is 9.10. The fourth-order valence-corrected chi connectivity index (χ4v) is 4.57. The van der Waals surface area contributed by atoms with Crippen molar-refractivity contribution in [2.24, 2.45) is 0 Å². The van der Waals surface area contributed by atoms with E-state index in [2.05, 4.69) is 31.9 Å². The molecule has 0 saturated heterocycles. The SMILES string of the molecule is COc1ccccc1Oc1c(Oc2ccccc2)cc(Oc2ccccc2Br)c(Cl)c1Oc1ccccc1Br. The maximum absolute atomic E-state index is 6.99. The first-order valence-corrected chi connectivity index (χ1v) is 13.7. The molecule has 0 aliphatic carbocycles. The first kappa shape index (κ1) is 26.9. The van der Waals surface area contributed by atoms with Crippen molar-refractivity contribution in [3.8, 4) is 51.7 Å². The van der Waals surface area contributed by atoms with Gasteiger partial charge in [0.05, 0.1) is 16.1 Å². The molecule has 0 amide bonds. The Morgan fingerprint density at radius 1 is 0.487 bits per heavy atom. The number of hydrogen-bond donors (Lipinski definition) is 0. The monoisotopic (exact) mass is 666 g/mol. The molecule has 0 spiro atoms. The molecule has 5 aromatic rings. The van der Waals surface area contributed by atoms with Crippen LogP contribution in [0.5, 0.6) is 51.7 Å². The number of halogens is 3. The van der Waals surface area contributed by atoms with Crippen LogP contribution in [0.3, 0.4) is 0 Å². The lowest BCUT2D eigenvalue weighted by atomic mass is 10.2. The zero-order valence-electron chi connectivity index (χ0n) is 20.6. The molecule has 39 heavy (non-hydrogen) atoms. The van der Waals surface area contributed by atoms with E-state index < -0.39 is 0 Å². The van der Waals surface area contributed by atoms with Gasteiger partial charge in [-0.25, -0.2) is 0 Å². The summed E-state index contributed by atoms with van der Waals surface area (Å²) >= 11 is 14.1. The average Bonchev–Trinajstić information content (AvgIpc) is 2.96. The van der Waals surface area contributed by atoms with Gasteiger partial charge in [-0.3, -0.25) is 0 Å². The van der Waals surface area contributed by atoms with Crippen LogP contribution in [0.25, 0.3) is 0 Å². The van der Waals surface area contributed by atoms with Crippen LogP contribution in [0.2, 0.25) is 5.02 Å². The molecule has 5 aromatic carbocycles. The molecule has 0 radical (unpaired) electrons. The number of methoxy groups -OCH3 is 1. The standard InChI is InChI=1S/C31H21Br2ClO5/c1-35-25-17-9-10-18-26(25)39-30-28(36-20-11-3-2-4-12-20)19-27(37-23-15-7-5-13-21(23)32)29(34)31(30)38-24-16-8-6-14-22(24)33/h2-19H,1H3. The molecular weight excluding hydrogens is 648 g/mol. The molecular formula is C31H21Br2ClO5. The maximum Gasteiger partial charge on any atom is 0.214 e. The van der Waals surface area contributed by atoms with Gasteiger partial charge in [0.1, 0.15) is 22.3 Å². The van der Waals surface area contributed by atoms with E-state index in [0.717, 1.165) is 8.95 Å². The molecule has 0 aromatic heterocycles. The van der Waals surface area contributed by atoms with Crippen molar-refractivity contribution in [1.82, 2.24) is 0 Å². The maximum atomic E-state index is 6.99. The smallest absolute Gasteiger partial charge is 0.214 e. The van der Waals surface area contributed by atoms with Crippen molar-refractivity contribution in [3.63, 3.8) is 0 Å². The van der Waals surface area contributed by atoms with Crippen LogP contribution in [0.15, 0.2) is 118 Å². The molecule has 0 saturated carbocycles. The van der Waals surface area contributed by atoms with Gasteiger partial charge in [0.15, 0.2) is 28.7 Å². The average molecular weight is 669 g/mol. The Labute approximate surface area is 248 Å². The molecule has 0 aliphatic rings. The molecule has 5 nitrogen and oxygen atoms in total. The number of hydrogen-bond acceptors (Lipinski definition) is 5. The quantitative estimate of drug-likeness (QED) is 0.156. The minimum Gasteiger partial charge on any atom is -0.493 e. The van der Waals surface area contributed by atoms with Gasteiger partial charge in [0.2, 0.25) is 5.75 Å². The lowest BCUT2D eigenvalue weighted by Crippen LogP contribution is -1.99. The van der Waals surface area contributed by atoms with Gasteiger partial charge in [0, 0.05) is 6.07 Å². The predicted octanol–water partition coefficient (Wildman–Crippen LogP) is 11.0. The van der Waals surface area contributed by atoms with Crippen LogP contribution in [0.4, 0.5) is 0 Å².